The minimum absolute atomic E-state index is 0.430. The van der Waals surface area contributed by atoms with Crippen LogP contribution in [-0.4, -0.2) is 16.1 Å². The van der Waals surface area contributed by atoms with Crippen molar-refractivity contribution in [2.24, 2.45) is 0 Å². The van der Waals surface area contributed by atoms with Gasteiger partial charge in [0.1, 0.15) is 5.76 Å². The number of hydrogen-bond donors (Lipinski definition) is 0. The first-order valence-corrected chi connectivity index (χ1v) is 5.28. The highest BCUT2D eigenvalue weighted by Gasteiger charge is 2.44. The molecule has 0 saturated carbocycles. The molecule has 0 N–H and O–H groups in total. The van der Waals surface area contributed by atoms with Crippen molar-refractivity contribution in [2.45, 2.75) is 29.3 Å². The summed E-state index contributed by atoms with van der Waals surface area (Å²) in [5.74, 6) is 0.178. The van der Waals surface area contributed by atoms with Crippen LogP contribution in [0.2, 0.25) is 0 Å². The molecule has 14 heavy (non-hydrogen) atoms. The number of allylic oxidation sites excluding steroid dienone is 1. The van der Waals surface area contributed by atoms with Gasteiger partial charge in [-0.05, 0) is 12.8 Å². The van der Waals surface area contributed by atoms with Crippen LogP contribution in [-0.2, 0) is 14.3 Å². The molecule has 0 radical (unpaired) electrons. The first-order chi connectivity index (χ1) is 6.48. The number of rotatable bonds is 0. The lowest BCUT2D eigenvalue weighted by Gasteiger charge is -2.29. The normalized spacial score (nSPS) is 27.1. The van der Waals surface area contributed by atoms with E-state index >= 15 is 0 Å². The van der Waals surface area contributed by atoms with E-state index in [1.165, 1.54) is 0 Å². The van der Waals surface area contributed by atoms with E-state index < -0.39 is 16.1 Å². The third-order valence-corrected chi connectivity index (χ3v) is 2.68. The zero-order valence-electron chi connectivity index (χ0n) is 7.06. The minimum atomic E-state index is -1.74. The fourth-order valence-electron chi connectivity index (χ4n) is 1.52. The molecule has 1 aliphatic carbocycles. The highest BCUT2D eigenvalue weighted by Crippen LogP contribution is 2.40. The Morgan fingerprint density at radius 3 is 2.57 bits per heavy atom. The molecule has 0 saturated heterocycles. The highest BCUT2D eigenvalue weighted by atomic mass is 35.6. The van der Waals surface area contributed by atoms with E-state index in [4.69, 9.17) is 44.3 Å². The molecule has 1 aliphatic heterocycles. The number of alkyl halides is 3. The van der Waals surface area contributed by atoms with Crippen molar-refractivity contribution < 1.29 is 14.3 Å². The molecule has 1 atom stereocenters. The smallest absolute Gasteiger partial charge is 0.340 e. The fraction of sp³-hybridized carbons (Fsp3) is 0.625. The number of carbonyl (C=O) groups is 1. The number of cyclic esters (lactones) is 1. The second-order valence-electron chi connectivity index (χ2n) is 3.15. The largest absolute Gasteiger partial charge is 0.454 e. The maximum Gasteiger partial charge on any atom is 0.340 e. The first-order valence-electron chi connectivity index (χ1n) is 4.15. The summed E-state index contributed by atoms with van der Waals surface area (Å²) in [6.07, 6.45) is 1.14. The molecule has 6 heteroatoms. The summed E-state index contributed by atoms with van der Waals surface area (Å²) in [6, 6.07) is 0. The lowest BCUT2D eigenvalue weighted by atomic mass is 10.2. The predicted octanol–water partition coefficient (Wildman–Crippen LogP) is 2.69. The molecule has 0 aromatic rings. The summed E-state index contributed by atoms with van der Waals surface area (Å²) in [4.78, 5) is 11.4. The number of esters is 1. The molecule has 0 fully saturated rings. The van der Waals surface area contributed by atoms with Gasteiger partial charge >= 0.3 is 5.97 Å². The lowest BCUT2D eigenvalue weighted by Crippen LogP contribution is -2.37. The molecule has 0 spiro atoms. The van der Waals surface area contributed by atoms with E-state index in [-0.39, 0.29) is 0 Å². The average Bonchev–Trinajstić information content (AvgIpc) is 2.50. The molecule has 2 rings (SSSR count). The predicted molar refractivity (Wildman–Crippen MR) is 52.1 cm³/mol. The Bertz CT molecular complexity index is 305. The summed E-state index contributed by atoms with van der Waals surface area (Å²) < 4.78 is 8.40. The van der Waals surface area contributed by atoms with Crippen molar-refractivity contribution >= 4 is 40.8 Å². The van der Waals surface area contributed by atoms with E-state index in [1.54, 1.807) is 0 Å². The zero-order chi connectivity index (χ0) is 10.3. The summed E-state index contributed by atoms with van der Waals surface area (Å²) in [5.41, 5.74) is 0.579. The molecule has 1 unspecified atom stereocenters. The average molecular weight is 257 g/mol. The monoisotopic (exact) mass is 256 g/mol. The van der Waals surface area contributed by atoms with Crippen LogP contribution in [0.1, 0.15) is 19.3 Å². The molecule has 0 aromatic heterocycles. The van der Waals surface area contributed by atoms with Crippen LogP contribution in [0.25, 0.3) is 0 Å². The summed E-state index contributed by atoms with van der Waals surface area (Å²) in [7, 11) is 0. The van der Waals surface area contributed by atoms with Crippen LogP contribution in [0.3, 0.4) is 0 Å². The maximum atomic E-state index is 11.4. The first kappa shape index (κ1) is 10.4. The van der Waals surface area contributed by atoms with Crippen LogP contribution in [0.5, 0.6) is 0 Å². The Morgan fingerprint density at radius 2 is 1.93 bits per heavy atom. The van der Waals surface area contributed by atoms with Crippen molar-refractivity contribution in [3.63, 3.8) is 0 Å². The molecule has 78 valence electrons. The minimum Gasteiger partial charge on any atom is -0.454 e. The van der Waals surface area contributed by atoms with Gasteiger partial charge in [0.05, 0.1) is 5.57 Å². The van der Waals surface area contributed by atoms with Crippen LogP contribution in [0, 0.1) is 0 Å². The SMILES string of the molecule is O=C1OC(C(Cl)(Cl)Cl)OC2=C1CCC2. The van der Waals surface area contributed by atoms with Gasteiger partial charge < -0.3 is 9.47 Å². The Labute approximate surface area is 95.9 Å². The van der Waals surface area contributed by atoms with Gasteiger partial charge in [-0.2, -0.15) is 0 Å². The Balaban J connectivity index is 2.21. The molecular weight excluding hydrogens is 250 g/mol. The van der Waals surface area contributed by atoms with Gasteiger partial charge in [0.2, 0.25) is 0 Å². The van der Waals surface area contributed by atoms with Gasteiger partial charge in [-0.25, -0.2) is 4.79 Å². The number of halogens is 3. The fourth-order valence-corrected chi connectivity index (χ4v) is 1.78. The number of hydrogen-bond acceptors (Lipinski definition) is 3. The van der Waals surface area contributed by atoms with Crippen molar-refractivity contribution in [2.75, 3.05) is 0 Å². The molecule has 1 heterocycles. The summed E-state index contributed by atoms with van der Waals surface area (Å²) in [6.45, 7) is 0. The summed E-state index contributed by atoms with van der Waals surface area (Å²) in [5, 5.41) is 0. The number of carbonyl (C=O) groups excluding carboxylic acids is 1. The van der Waals surface area contributed by atoms with E-state index in [0.717, 1.165) is 6.42 Å². The second-order valence-corrected chi connectivity index (χ2v) is 5.52. The van der Waals surface area contributed by atoms with Gasteiger partial charge in [0.25, 0.3) is 10.1 Å². The van der Waals surface area contributed by atoms with Crippen molar-refractivity contribution in [1.82, 2.24) is 0 Å². The maximum absolute atomic E-state index is 11.4. The van der Waals surface area contributed by atoms with Gasteiger partial charge in [0, 0.05) is 6.42 Å². The van der Waals surface area contributed by atoms with Crippen molar-refractivity contribution in [3.05, 3.63) is 11.3 Å². The quantitative estimate of drug-likeness (QED) is 0.494. The van der Waals surface area contributed by atoms with Gasteiger partial charge in [0.15, 0.2) is 0 Å². The van der Waals surface area contributed by atoms with Crippen molar-refractivity contribution in [1.29, 1.82) is 0 Å². The zero-order valence-corrected chi connectivity index (χ0v) is 9.33. The van der Waals surface area contributed by atoms with Crippen molar-refractivity contribution in [3.8, 4) is 0 Å². The van der Waals surface area contributed by atoms with Crippen LogP contribution in [0.4, 0.5) is 0 Å². The summed E-state index contributed by atoms with van der Waals surface area (Å²) >= 11 is 16.7. The number of ether oxygens (including phenoxy) is 2. The van der Waals surface area contributed by atoms with Crippen LogP contribution < -0.4 is 0 Å². The molecule has 3 nitrogen and oxygen atoms in total. The van der Waals surface area contributed by atoms with E-state index in [1.807, 2.05) is 0 Å². The van der Waals surface area contributed by atoms with Crippen LogP contribution >= 0.6 is 34.8 Å². The molecule has 0 aromatic carbocycles. The third-order valence-electron chi connectivity index (χ3n) is 2.14. The van der Waals surface area contributed by atoms with Crippen LogP contribution in [0.15, 0.2) is 11.3 Å². The molecule has 2 aliphatic rings. The van der Waals surface area contributed by atoms with E-state index in [9.17, 15) is 4.79 Å². The van der Waals surface area contributed by atoms with E-state index in [2.05, 4.69) is 0 Å². The molecule has 0 amide bonds. The molecule has 0 bridgehead atoms. The standard InChI is InChI=1S/C8H7Cl3O3/c9-8(10,11)7-13-5-3-1-2-4(5)6(12)14-7/h7H,1-3H2. The Morgan fingerprint density at radius 1 is 1.21 bits per heavy atom. The van der Waals surface area contributed by atoms with E-state index in [0.29, 0.717) is 24.2 Å². The van der Waals surface area contributed by atoms with Gasteiger partial charge in [-0.3, -0.25) is 0 Å². The third kappa shape index (κ3) is 1.81. The molecular formula is C8H7Cl3O3. The Kier molecular flexibility index (Phi) is 2.58. The lowest BCUT2D eigenvalue weighted by molar-refractivity contribution is -0.173. The highest BCUT2D eigenvalue weighted by molar-refractivity contribution is 6.68. The second kappa shape index (κ2) is 3.47. The van der Waals surface area contributed by atoms with Gasteiger partial charge in [-0.1, -0.05) is 34.8 Å². The van der Waals surface area contributed by atoms with Gasteiger partial charge in [-0.15, -0.1) is 0 Å². The topological polar surface area (TPSA) is 35.5 Å². The Hall–Kier alpha value is -0.120.